The molecule has 114 valence electrons. The molecule has 1 aromatic carbocycles. The van der Waals surface area contributed by atoms with Gasteiger partial charge in [-0.15, -0.1) is 0 Å². The van der Waals surface area contributed by atoms with Gasteiger partial charge in [0.1, 0.15) is 0 Å². The van der Waals surface area contributed by atoms with Crippen molar-refractivity contribution in [2.75, 3.05) is 32.7 Å². The largest absolute Gasteiger partial charge is 0.355 e. The first kappa shape index (κ1) is 14.8. The lowest BCUT2D eigenvalue weighted by Crippen LogP contribution is -2.49. The third-order valence-electron chi connectivity index (χ3n) is 4.22. The summed E-state index contributed by atoms with van der Waals surface area (Å²) in [5, 5.41) is 7.19. The van der Waals surface area contributed by atoms with Gasteiger partial charge in [0.25, 0.3) is 0 Å². The maximum atomic E-state index is 12.1. The highest BCUT2D eigenvalue weighted by Crippen LogP contribution is 2.27. The van der Waals surface area contributed by atoms with Gasteiger partial charge in [0, 0.05) is 37.2 Å². The van der Waals surface area contributed by atoms with Crippen molar-refractivity contribution in [1.82, 2.24) is 15.5 Å². The lowest BCUT2D eigenvalue weighted by molar-refractivity contribution is -0.123. The highest BCUT2D eigenvalue weighted by molar-refractivity contribution is 6.30. The molecule has 1 aliphatic carbocycles. The summed E-state index contributed by atoms with van der Waals surface area (Å²) in [5.41, 5.74) is 1.17. The molecule has 0 bridgehead atoms. The van der Waals surface area contributed by atoms with Gasteiger partial charge in [0.15, 0.2) is 0 Å². The van der Waals surface area contributed by atoms with E-state index in [0.717, 1.165) is 37.1 Å². The van der Waals surface area contributed by atoms with Crippen LogP contribution in [-0.4, -0.2) is 43.5 Å². The average molecular weight is 308 g/mol. The number of nitrogens with one attached hydrogen (secondary N) is 2. The van der Waals surface area contributed by atoms with Gasteiger partial charge in [-0.25, -0.2) is 0 Å². The predicted octanol–water partition coefficient (Wildman–Crippen LogP) is 1.81. The molecule has 21 heavy (non-hydrogen) atoms. The molecular weight excluding hydrogens is 286 g/mol. The van der Waals surface area contributed by atoms with Crippen molar-refractivity contribution >= 4 is 17.5 Å². The van der Waals surface area contributed by atoms with Crippen LogP contribution in [0.15, 0.2) is 24.3 Å². The summed E-state index contributed by atoms with van der Waals surface area (Å²) in [6.07, 6.45) is 2.53. The fourth-order valence-corrected chi connectivity index (χ4v) is 3.00. The number of hydrogen-bond acceptors (Lipinski definition) is 3. The molecule has 1 aliphatic heterocycles. The van der Waals surface area contributed by atoms with Crippen LogP contribution in [0.3, 0.4) is 0 Å². The number of rotatable bonds is 5. The van der Waals surface area contributed by atoms with E-state index in [2.05, 4.69) is 21.6 Å². The molecule has 1 aromatic rings. The van der Waals surface area contributed by atoms with Crippen molar-refractivity contribution < 1.29 is 4.79 Å². The van der Waals surface area contributed by atoms with E-state index in [1.807, 2.05) is 18.2 Å². The molecule has 2 fully saturated rings. The zero-order valence-corrected chi connectivity index (χ0v) is 12.9. The lowest BCUT2D eigenvalue weighted by atomic mass is 10.0. The van der Waals surface area contributed by atoms with Crippen molar-refractivity contribution in [3.63, 3.8) is 0 Å². The summed E-state index contributed by atoms with van der Waals surface area (Å²) in [7, 11) is 0. The Kier molecular flexibility index (Phi) is 4.78. The quantitative estimate of drug-likeness (QED) is 0.872. The molecule has 0 radical (unpaired) electrons. The first-order valence-corrected chi connectivity index (χ1v) is 8.07. The Morgan fingerprint density at radius 3 is 3.05 bits per heavy atom. The third kappa shape index (κ3) is 4.19. The van der Waals surface area contributed by atoms with Gasteiger partial charge >= 0.3 is 0 Å². The molecule has 0 spiro atoms. The van der Waals surface area contributed by atoms with E-state index in [0.29, 0.717) is 6.54 Å². The standard InChI is InChI=1S/C16H22ClN3O/c17-14-3-1-2-13(8-14)15-10-18-6-7-20(15)11-16(21)19-9-12-4-5-12/h1-3,8,12,15,18H,4-7,9-11H2,(H,19,21). The molecule has 3 rings (SSSR count). The Balaban J connectivity index is 1.61. The number of hydrogen-bond donors (Lipinski definition) is 2. The second-order valence-electron chi connectivity index (χ2n) is 5.99. The summed E-state index contributed by atoms with van der Waals surface area (Å²) >= 11 is 6.09. The maximum Gasteiger partial charge on any atom is 0.234 e. The summed E-state index contributed by atoms with van der Waals surface area (Å²) < 4.78 is 0. The Bertz CT molecular complexity index is 504. The van der Waals surface area contributed by atoms with Gasteiger partial charge < -0.3 is 10.6 Å². The van der Waals surface area contributed by atoms with Crippen LogP contribution in [0.5, 0.6) is 0 Å². The van der Waals surface area contributed by atoms with Crippen molar-refractivity contribution in [2.24, 2.45) is 5.92 Å². The Labute approximate surface area is 130 Å². The van der Waals surface area contributed by atoms with E-state index in [1.165, 1.54) is 18.4 Å². The third-order valence-corrected chi connectivity index (χ3v) is 4.45. The fourth-order valence-electron chi connectivity index (χ4n) is 2.80. The van der Waals surface area contributed by atoms with Crippen LogP contribution < -0.4 is 10.6 Å². The van der Waals surface area contributed by atoms with Crippen LogP contribution in [0, 0.1) is 5.92 Å². The van der Waals surface area contributed by atoms with Crippen LogP contribution in [0.2, 0.25) is 5.02 Å². The SMILES string of the molecule is O=C(CN1CCNCC1c1cccc(Cl)c1)NCC1CC1. The molecule has 1 amide bonds. The number of carbonyl (C=O) groups is 1. The van der Waals surface area contributed by atoms with Crippen molar-refractivity contribution in [3.8, 4) is 0 Å². The zero-order chi connectivity index (χ0) is 14.7. The van der Waals surface area contributed by atoms with Gasteiger partial charge in [0.05, 0.1) is 6.54 Å². The minimum atomic E-state index is 0.135. The van der Waals surface area contributed by atoms with Gasteiger partial charge in [0.2, 0.25) is 5.91 Å². The molecule has 4 nitrogen and oxygen atoms in total. The van der Waals surface area contributed by atoms with Gasteiger partial charge in [-0.3, -0.25) is 9.69 Å². The van der Waals surface area contributed by atoms with E-state index in [9.17, 15) is 4.79 Å². The molecule has 1 heterocycles. The van der Waals surface area contributed by atoms with Gasteiger partial charge in [-0.2, -0.15) is 0 Å². The summed E-state index contributed by atoms with van der Waals surface area (Å²) in [6, 6.07) is 8.14. The van der Waals surface area contributed by atoms with Crippen molar-refractivity contribution in [2.45, 2.75) is 18.9 Å². The molecule has 2 N–H and O–H groups in total. The van der Waals surface area contributed by atoms with E-state index in [1.54, 1.807) is 0 Å². The molecule has 1 atom stereocenters. The highest BCUT2D eigenvalue weighted by Gasteiger charge is 2.26. The Morgan fingerprint density at radius 1 is 1.43 bits per heavy atom. The monoisotopic (exact) mass is 307 g/mol. The van der Waals surface area contributed by atoms with Crippen molar-refractivity contribution in [3.05, 3.63) is 34.9 Å². The summed E-state index contributed by atoms with van der Waals surface area (Å²) in [4.78, 5) is 14.3. The first-order valence-electron chi connectivity index (χ1n) is 7.69. The first-order chi connectivity index (χ1) is 10.2. The smallest absolute Gasteiger partial charge is 0.234 e. The number of halogens is 1. The number of piperazine rings is 1. The molecule has 5 heteroatoms. The second kappa shape index (κ2) is 6.77. The zero-order valence-electron chi connectivity index (χ0n) is 12.1. The number of carbonyl (C=O) groups excluding carboxylic acids is 1. The minimum Gasteiger partial charge on any atom is -0.355 e. The minimum absolute atomic E-state index is 0.135. The summed E-state index contributed by atoms with van der Waals surface area (Å²) in [5.74, 6) is 0.858. The topological polar surface area (TPSA) is 44.4 Å². The molecule has 1 saturated heterocycles. The summed E-state index contributed by atoms with van der Waals surface area (Å²) in [6.45, 7) is 3.97. The number of amides is 1. The van der Waals surface area contributed by atoms with Crippen LogP contribution in [0.1, 0.15) is 24.4 Å². The normalized spacial score (nSPS) is 23.0. The number of benzene rings is 1. The molecule has 2 aliphatic rings. The molecular formula is C16H22ClN3O. The number of nitrogens with zero attached hydrogens (tertiary/aromatic N) is 1. The maximum absolute atomic E-state index is 12.1. The lowest BCUT2D eigenvalue weighted by Gasteiger charge is -2.36. The van der Waals surface area contributed by atoms with Gasteiger partial charge in [-0.1, -0.05) is 23.7 Å². The molecule has 1 saturated carbocycles. The second-order valence-corrected chi connectivity index (χ2v) is 6.43. The average Bonchev–Trinajstić information content (AvgIpc) is 3.30. The Hall–Kier alpha value is -1.10. The van der Waals surface area contributed by atoms with Crippen molar-refractivity contribution in [1.29, 1.82) is 0 Å². The molecule has 1 unspecified atom stereocenters. The van der Waals surface area contributed by atoms with Crippen LogP contribution in [-0.2, 0) is 4.79 Å². The van der Waals surface area contributed by atoms with E-state index in [4.69, 9.17) is 11.6 Å². The van der Waals surface area contributed by atoms with Crippen LogP contribution >= 0.6 is 11.6 Å². The highest BCUT2D eigenvalue weighted by atomic mass is 35.5. The van der Waals surface area contributed by atoms with E-state index >= 15 is 0 Å². The predicted molar refractivity (Wildman–Crippen MR) is 84.4 cm³/mol. The molecule has 0 aromatic heterocycles. The van der Waals surface area contributed by atoms with E-state index in [-0.39, 0.29) is 11.9 Å². The van der Waals surface area contributed by atoms with Crippen LogP contribution in [0.25, 0.3) is 0 Å². The Morgan fingerprint density at radius 2 is 2.29 bits per heavy atom. The van der Waals surface area contributed by atoms with Crippen LogP contribution in [0.4, 0.5) is 0 Å². The van der Waals surface area contributed by atoms with Gasteiger partial charge in [-0.05, 0) is 36.5 Å². The van der Waals surface area contributed by atoms with E-state index < -0.39 is 0 Å². The fraction of sp³-hybridized carbons (Fsp3) is 0.562.